The number of aromatic nitrogens is 2. The Bertz CT molecular complexity index is 717. The van der Waals surface area contributed by atoms with Gasteiger partial charge >= 0.3 is 6.09 Å². The minimum absolute atomic E-state index is 0.0223. The lowest BCUT2D eigenvalue weighted by atomic mass is 10.2. The molecule has 1 aromatic heterocycles. The molecule has 8 heteroatoms. The minimum atomic E-state index is -2.98. The van der Waals surface area contributed by atoms with Gasteiger partial charge in [-0.15, -0.1) is 0 Å². The van der Waals surface area contributed by atoms with Crippen molar-refractivity contribution < 1.29 is 18.3 Å². The molecule has 1 N–H and O–H groups in total. The third-order valence-corrected chi connectivity index (χ3v) is 2.75. The van der Waals surface area contributed by atoms with Crippen LogP contribution in [0.25, 0.3) is 0 Å². The van der Waals surface area contributed by atoms with Crippen LogP contribution < -0.4 is 5.32 Å². The van der Waals surface area contributed by atoms with Crippen LogP contribution in [0.2, 0.25) is 0 Å². The van der Waals surface area contributed by atoms with Crippen LogP contribution in [0.15, 0.2) is 36.5 Å². The van der Waals surface area contributed by atoms with E-state index in [2.05, 4.69) is 10.4 Å². The Balaban J connectivity index is 1.99. The monoisotopic (exact) mass is 320 g/mol. The molecular formula is C15H14F2N4O2. The van der Waals surface area contributed by atoms with Gasteiger partial charge in [0.2, 0.25) is 0 Å². The van der Waals surface area contributed by atoms with Crippen molar-refractivity contribution >= 4 is 11.9 Å². The van der Waals surface area contributed by atoms with Crippen LogP contribution >= 0.6 is 0 Å². The van der Waals surface area contributed by atoms with Crippen LogP contribution in [0.1, 0.15) is 18.1 Å². The maximum atomic E-state index is 13.0. The van der Waals surface area contributed by atoms with Crippen molar-refractivity contribution in [2.24, 2.45) is 0 Å². The molecule has 2 rings (SSSR count). The summed E-state index contributed by atoms with van der Waals surface area (Å²) in [6.07, 6.45) is 0.323. The highest BCUT2D eigenvalue weighted by Crippen LogP contribution is 2.18. The van der Waals surface area contributed by atoms with E-state index in [1.165, 1.54) is 0 Å². The number of nitriles is 1. The van der Waals surface area contributed by atoms with Gasteiger partial charge in [-0.25, -0.2) is 13.6 Å². The average molecular weight is 320 g/mol. The maximum absolute atomic E-state index is 13.0. The number of anilines is 1. The summed E-state index contributed by atoms with van der Waals surface area (Å²) in [7, 11) is 0. The van der Waals surface area contributed by atoms with Crippen LogP contribution in [-0.2, 0) is 17.9 Å². The first kappa shape index (κ1) is 16.4. The number of nitrogens with zero attached hydrogens (tertiary/aromatic N) is 3. The quantitative estimate of drug-likeness (QED) is 0.917. The number of halogens is 2. The summed E-state index contributed by atoms with van der Waals surface area (Å²) >= 11 is 0. The van der Waals surface area contributed by atoms with Crippen molar-refractivity contribution in [3.63, 3.8) is 0 Å². The lowest BCUT2D eigenvalue weighted by Crippen LogP contribution is -2.20. The molecule has 0 radical (unpaired) electrons. The van der Waals surface area contributed by atoms with Crippen molar-refractivity contribution in [3.8, 4) is 6.07 Å². The predicted octanol–water partition coefficient (Wildman–Crippen LogP) is 3.16. The third kappa shape index (κ3) is 5.07. The standard InChI is InChI=1S/C15H14F2N4O2/c1-15(16,17)10-21-8-12(7-18)13(20-21)19-14(22)23-9-11-5-3-2-4-6-11/h2-6,8H,9-10H2,1H3,(H,19,20,22). The highest BCUT2D eigenvalue weighted by Gasteiger charge is 2.24. The van der Waals surface area contributed by atoms with E-state index in [-0.39, 0.29) is 18.0 Å². The summed E-state index contributed by atoms with van der Waals surface area (Å²) in [6, 6.07) is 10.8. The molecule has 23 heavy (non-hydrogen) atoms. The van der Waals surface area contributed by atoms with Crippen LogP contribution in [-0.4, -0.2) is 21.8 Å². The molecule has 120 valence electrons. The zero-order chi connectivity index (χ0) is 16.9. The molecule has 0 aliphatic heterocycles. The van der Waals surface area contributed by atoms with Crippen LogP contribution in [0.3, 0.4) is 0 Å². The van der Waals surface area contributed by atoms with Gasteiger partial charge in [-0.3, -0.25) is 10.00 Å². The molecule has 1 amide bonds. The second-order valence-corrected chi connectivity index (χ2v) is 4.96. The number of hydrogen-bond donors (Lipinski definition) is 1. The fourth-order valence-electron chi connectivity index (χ4n) is 1.82. The molecule has 0 saturated carbocycles. The summed E-state index contributed by atoms with van der Waals surface area (Å²) in [5, 5.41) is 15.0. The van der Waals surface area contributed by atoms with Gasteiger partial charge in [-0.05, 0) is 5.56 Å². The van der Waals surface area contributed by atoms with E-state index in [1.54, 1.807) is 30.3 Å². The molecule has 0 unspecified atom stereocenters. The number of ether oxygens (including phenoxy) is 1. The van der Waals surface area contributed by atoms with E-state index in [0.717, 1.165) is 23.4 Å². The van der Waals surface area contributed by atoms with Gasteiger partial charge < -0.3 is 4.74 Å². The molecule has 0 aliphatic carbocycles. The van der Waals surface area contributed by atoms with E-state index in [0.29, 0.717) is 0 Å². The summed E-state index contributed by atoms with van der Waals surface area (Å²) < 4.78 is 31.8. The highest BCUT2D eigenvalue weighted by molar-refractivity contribution is 5.84. The first-order chi connectivity index (χ1) is 10.9. The van der Waals surface area contributed by atoms with Gasteiger partial charge in [0.1, 0.15) is 24.8 Å². The van der Waals surface area contributed by atoms with Crippen molar-refractivity contribution in [1.82, 2.24) is 9.78 Å². The Kier molecular flexibility index (Phi) is 4.91. The zero-order valence-electron chi connectivity index (χ0n) is 12.3. The first-order valence-electron chi connectivity index (χ1n) is 6.70. The Morgan fingerprint density at radius 3 is 2.74 bits per heavy atom. The summed E-state index contributed by atoms with van der Waals surface area (Å²) in [5.74, 6) is -3.10. The van der Waals surface area contributed by atoms with Crippen molar-refractivity contribution in [2.45, 2.75) is 26.0 Å². The Morgan fingerprint density at radius 1 is 1.43 bits per heavy atom. The fourth-order valence-corrected chi connectivity index (χ4v) is 1.82. The van der Waals surface area contributed by atoms with E-state index < -0.39 is 18.6 Å². The number of benzene rings is 1. The number of alkyl halides is 2. The van der Waals surface area contributed by atoms with Gasteiger partial charge in [-0.1, -0.05) is 30.3 Å². The minimum Gasteiger partial charge on any atom is -0.444 e. The fraction of sp³-hybridized carbons (Fsp3) is 0.267. The van der Waals surface area contributed by atoms with Crippen LogP contribution in [0.4, 0.5) is 19.4 Å². The maximum Gasteiger partial charge on any atom is 0.413 e. The van der Waals surface area contributed by atoms with E-state index in [9.17, 15) is 13.6 Å². The average Bonchev–Trinajstić information content (AvgIpc) is 2.85. The normalized spacial score (nSPS) is 10.9. The van der Waals surface area contributed by atoms with Gasteiger partial charge in [0.25, 0.3) is 5.92 Å². The molecule has 0 spiro atoms. The van der Waals surface area contributed by atoms with Crippen molar-refractivity contribution in [2.75, 3.05) is 5.32 Å². The summed E-state index contributed by atoms with van der Waals surface area (Å²) in [4.78, 5) is 11.7. The van der Waals surface area contributed by atoms with E-state index in [4.69, 9.17) is 10.00 Å². The Labute approximate surface area is 131 Å². The molecule has 0 bridgehead atoms. The predicted molar refractivity (Wildman–Crippen MR) is 77.8 cm³/mol. The molecule has 1 aromatic carbocycles. The van der Waals surface area contributed by atoms with Crippen molar-refractivity contribution in [3.05, 3.63) is 47.7 Å². The van der Waals surface area contributed by atoms with E-state index in [1.807, 2.05) is 6.07 Å². The lowest BCUT2D eigenvalue weighted by Gasteiger charge is -2.09. The molecule has 1 heterocycles. The number of hydrogen-bond acceptors (Lipinski definition) is 4. The number of amides is 1. The largest absolute Gasteiger partial charge is 0.444 e. The SMILES string of the molecule is CC(F)(F)Cn1cc(C#N)c(NC(=O)OCc2ccccc2)n1. The summed E-state index contributed by atoms with van der Waals surface area (Å²) in [6.45, 7) is 0.0900. The smallest absolute Gasteiger partial charge is 0.413 e. The number of nitrogens with one attached hydrogen (secondary N) is 1. The molecule has 0 fully saturated rings. The van der Waals surface area contributed by atoms with Gasteiger partial charge in [-0.2, -0.15) is 10.4 Å². The molecule has 6 nitrogen and oxygen atoms in total. The lowest BCUT2D eigenvalue weighted by molar-refractivity contribution is 0.000673. The molecule has 0 atom stereocenters. The molecular weight excluding hydrogens is 306 g/mol. The van der Waals surface area contributed by atoms with Gasteiger partial charge in [0, 0.05) is 13.1 Å². The highest BCUT2D eigenvalue weighted by atomic mass is 19.3. The molecule has 0 saturated heterocycles. The number of carbonyl (C=O) groups excluding carboxylic acids is 1. The number of rotatable bonds is 5. The topological polar surface area (TPSA) is 79.9 Å². The Morgan fingerprint density at radius 2 is 2.13 bits per heavy atom. The van der Waals surface area contributed by atoms with Gasteiger partial charge in [0.05, 0.1) is 0 Å². The third-order valence-electron chi connectivity index (χ3n) is 2.75. The summed E-state index contributed by atoms with van der Waals surface area (Å²) in [5.41, 5.74) is 0.769. The van der Waals surface area contributed by atoms with Crippen LogP contribution in [0.5, 0.6) is 0 Å². The second kappa shape index (κ2) is 6.87. The zero-order valence-corrected chi connectivity index (χ0v) is 12.3. The molecule has 2 aromatic rings. The first-order valence-corrected chi connectivity index (χ1v) is 6.70. The van der Waals surface area contributed by atoms with Crippen molar-refractivity contribution in [1.29, 1.82) is 5.26 Å². The number of carbonyl (C=O) groups is 1. The van der Waals surface area contributed by atoms with Gasteiger partial charge in [0.15, 0.2) is 5.82 Å². The molecule has 0 aliphatic rings. The van der Waals surface area contributed by atoms with Crippen LogP contribution in [0, 0.1) is 11.3 Å². The second-order valence-electron chi connectivity index (χ2n) is 4.96. The Hall–Kier alpha value is -2.95. The van der Waals surface area contributed by atoms with E-state index >= 15 is 0 Å².